The second kappa shape index (κ2) is 13.4. The Bertz CT molecular complexity index is 1100. The van der Waals surface area contributed by atoms with Gasteiger partial charge in [0.2, 0.25) is 0 Å². The quantitative estimate of drug-likeness (QED) is 0.190. The number of guanidine groups is 1. The van der Waals surface area contributed by atoms with Gasteiger partial charge in [0.15, 0.2) is 5.96 Å². The molecule has 1 aromatic heterocycles. The number of aliphatic imine (C=N–C) groups is 1. The van der Waals surface area contributed by atoms with Gasteiger partial charge in [-0.15, -0.1) is 0 Å². The summed E-state index contributed by atoms with van der Waals surface area (Å²) in [4.78, 5) is 48.6. The van der Waals surface area contributed by atoms with Crippen molar-refractivity contribution >= 4 is 23.8 Å². The highest BCUT2D eigenvalue weighted by Gasteiger charge is 2.38. The molecule has 2 rings (SSSR count). The van der Waals surface area contributed by atoms with Crippen LogP contribution in [0, 0.1) is 0 Å². The number of carboxylic acids is 2. The first kappa shape index (κ1) is 28.7. The minimum Gasteiger partial charge on any atom is -0.480 e. The summed E-state index contributed by atoms with van der Waals surface area (Å²) in [5, 5.41) is 18.8. The van der Waals surface area contributed by atoms with Crippen LogP contribution in [0.3, 0.4) is 0 Å². The van der Waals surface area contributed by atoms with E-state index in [1.54, 1.807) is 0 Å². The van der Waals surface area contributed by atoms with E-state index < -0.39 is 30.1 Å². The molecule has 11 nitrogen and oxygen atoms in total. The number of nitrogens with two attached hydrogens (primary N) is 2. The summed E-state index contributed by atoms with van der Waals surface area (Å²) >= 11 is 0. The van der Waals surface area contributed by atoms with Crippen LogP contribution in [0.25, 0.3) is 0 Å². The van der Waals surface area contributed by atoms with Gasteiger partial charge in [-0.2, -0.15) is 13.2 Å². The van der Waals surface area contributed by atoms with Gasteiger partial charge in [0.1, 0.15) is 6.04 Å². The molecular weight excluding hydrogens is 475 g/mol. The smallest absolute Gasteiger partial charge is 0.480 e. The topological polar surface area (TPSA) is 190 Å². The summed E-state index contributed by atoms with van der Waals surface area (Å²) in [6, 6.07) is 11.0. The average molecular weight is 499 g/mol. The van der Waals surface area contributed by atoms with Gasteiger partial charge in [-0.3, -0.25) is 14.6 Å². The van der Waals surface area contributed by atoms with Crippen molar-refractivity contribution in [3.05, 3.63) is 70.1 Å². The van der Waals surface area contributed by atoms with Crippen LogP contribution in [0.1, 0.15) is 28.8 Å². The van der Waals surface area contributed by atoms with Crippen LogP contribution >= 0.6 is 0 Å². The lowest BCUT2D eigenvalue weighted by atomic mass is 10.1. The monoisotopic (exact) mass is 499 g/mol. The molecule has 0 fully saturated rings. The number of benzene rings is 1. The fourth-order valence-electron chi connectivity index (χ4n) is 2.56. The Morgan fingerprint density at radius 3 is 2.17 bits per heavy atom. The molecule has 0 aliphatic heterocycles. The van der Waals surface area contributed by atoms with E-state index in [4.69, 9.17) is 21.4 Å². The molecule has 7 N–H and O–H groups in total. The highest BCUT2D eigenvalue weighted by molar-refractivity contribution is 5.96. The largest absolute Gasteiger partial charge is 0.490 e. The standard InChI is InChI=1S/C19H23N5O4.C2HF3O2/c20-19(21)22-9-4-7-15(18(27)28)23-17(26)14-8-10-24(16(25)11-14)12-13-5-2-1-3-6-13;3-2(4,5)1(6)7/h1-3,5-6,8,10-11,15H,4,7,9,12H2,(H,23,26)(H,27,28)(H4,20,21,22);(H,6,7)/t15-;/m0./s1. The number of nitrogens with zero attached hydrogens (tertiary/aromatic N) is 2. The minimum atomic E-state index is -5.08. The predicted octanol–water partition coefficient (Wildman–Crippen LogP) is 0.767. The van der Waals surface area contributed by atoms with Gasteiger partial charge in [-0.05, 0) is 24.5 Å². The molecule has 0 aliphatic carbocycles. The third-order valence-corrected chi connectivity index (χ3v) is 4.25. The van der Waals surface area contributed by atoms with E-state index in [9.17, 15) is 32.7 Å². The Balaban J connectivity index is 0.000000762. The zero-order chi connectivity index (χ0) is 26.6. The Morgan fingerprint density at radius 1 is 1.09 bits per heavy atom. The Hall–Kier alpha value is -4.36. The minimum absolute atomic E-state index is 0.0769. The molecule has 1 atom stereocenters. The second-order valence-electron chi connectivity index (χ2n) is 6.98. The van der Waals surface area contributed by atoms with E-state index in [0.29, 0.717) is 13.0 Å². The van der Waals surface area contributed by atoms with Crippen molar-refractivity contribution < 1.29 is 37.8 Å². The Kier molecular flexibility index (Phi) is 11.0. The number of carbonyl (C=O) groups is 3. The molecule has 190 valence electrons. The van der Waals surface area contributed by atoms with Crippen LogP contribution in [0.5, 0.6) is 0 Å². The number of carbonyl (C=O) groups excluding carboxylic acids is 1. The summed E-state index contributed by atoms with van der Waals surface area (Å²) in [7, 11) is 0. The van der Waals surface area contributed by atoms with Crippen molar-refractivity contribution in [2.75, 3.05) is 6.54 Å². The molecule has 0 spiro atoms. The molecule has 35 heavy (non-hydrogen) atoms. The van der Waals surface area contributed by atoms with Crippen LogP contribution in [-0.2, 0) is 16.1 Å². The highest BCUT2D eigenvalue weighted by Crippen LogP contribution is 2.13. The van der Waals surface area contributed by atoms with E-state index in [0.717, 1.165) is 5.56 Å². The van der Waals surface area contributed by atoms with Crippen molar-refractivity contribution in [3.63, 3.8) is 0 Å². The van der Waals surface area contributed by atoms with E-state index in [1.807, 2.05) is 30.3 Å². The number of amides is 1. The number of aliphatic carboxylic acids is 2. The Labute approximate surface area is 196 Å². The molecule has 0 radical (unpaired) electrons. The lowest BCUT2D eigenvalue weighted by molar-refractivity contribution is -0.192. The lowest BCUT2D eigenvalue weighted by Crippen LogP contribution is -2.41. The summed E-state index contributed by atoms with van der Waals surface area (Å²) in [5.41, 5.74) is 11.1. The number of hydrogen-bond acceptors (Lipinski definition) is 5. The maximum atomic E-state index is 12.3. The second-order valence-corrected chi connectivity index (χ2v) is 6.98. The lowest BCUT2D eigenvalue weighted by Gasteiger charge is -2.14. The number of carboxylic acid groups (broad SMARTS) is 2. The summed E-state index contributed by atoms with van der Waals surface area (Å²) in [6.45, 7) is 0.641. The van der Waals surface area contributed by atoms with Gasteiger partial charge in [0, 0.05) is 24.4 Å². The van der Waals surface area contributed by atoms with E-state index in [2.05, 4.69) is 10.3 Å². The molecule has 0 saturated heterocycles. The number of alkyl halides is 3. The highest BCUT2D eigenvalue weighted by atomic mass is 19.4. The molecule has 0 bridgehead atoms. The van der Waals surface area contributed by atoms with E-state index >= 15 is 0 Å². The molecule has 0 unspecified atom stereocenters. The number of nitrogens with one attached hydrogen (secondary N) is 1. The number of aromatic nitrogens is 1. The maximum Gasteiger partial charge on any atom is 0.490 e. The molecule has 0 aliphatic rings. The fourth-order valence-corrected chi connectivity index (χ4v) is 2.56. The van der Waals surface area contributed by atoms with Crippen molar-refractivity contribution in [3.8, 4) is 0 Å². The van der Waals surface area contributed by atoms with Crippen LogP contribution < -0.4 is 22.3 Å². The predicted molar refractivity (Wildman–Crippen MR) is 119 cm³/mol. The van der Waals surface area contributed by atoms with Crippen molar-refractivity contribution in [2.45, 2.75) is 31.6 Å². The van der Waals surface area contributed by atoms with Gasteiger partial charge >= 0.3 is 18.1 Å². The summed E-state index contributed by atoms with van der Waals surface area (Å²) in [6.07, 6.45) is -3.03. The SMILES string of the molecule is NC(N)=NCCC[C@H](NC(=O)c1ccn(Cc2ccccc2)c(=O)c1)C(=O)O.O=C(O)C(F)(F)F. The van der Waals surface area contributed by atoms with Crippen molar-refractivity contribution in [1.29, 1.82) is 0 Å². The van der Waals surface area contributed by atoms with Crippen molar-refractivity contribution in [2.24, 2.45) is 16.5 Å². The molecule has 14 heteroatoms. The van der Waals surface area contributed by atoms with Gasteiger partial charge in [-0.25, -0.2) is 9.59 Å². The molecule has 1 amide bonds. The first-order chi connectivity index (χ1) is 16.3. The van der Waals surface area contributed by atoms with Gasteiger partial charge in [-0.1, -0.05) is 30.3 Å². The van der Waals surface area contributed by atoms with E-state index in [-0.39, 0.29) is 30.0 Å². The molecular formula is C21H24F3N5O6. The van der Waals surface area contributed by atoms with Crippen molar-refractivity contribution in [1.82, 2.24) is 9.88 Å². The number of rotatable bonds is 9. The van der Waals surface area contributed by atoms with Crippen LogP contribution in [0.4, 0.5) is 13.2 Å². The zero-order valence-corrected chi connectivity index (χ0v) is 18.2. The van der Waals surface area contributed by atoms with Crippen LogP contribution in [-0.4, -0.2) is 57.3 Å². The fraction of sp³-hybridized carbons (Fsp3) is 0.286. The zero-order valence-electron chi connectivity index (χ0n) is 18.2. The number of hydrogen-bond donors (Lipinski definition) is 5. The average Bonchev–Trinajstić information content (AvgIpc) is 2.77. The number of pyridine rings is 1. The van der Waals surface area contributed by atoms with Gasteiger partial charge < -0.3 is 31.6 Å². The summed E-state index contributed by atoms with van der Waals surface area (Å²) < 4.78 is 33.2. The maximum absolute atomic E-state index is 12.3. The van der Waals surface area contributed by atoms with E-state index in [1.165, 1.54) is 22.9 Å². The molecule has 0 saturated carbocycles. The van der Waals surface area contributed by atoms with Gasteiger partial charge in [0.25, 0.3) is 11.5 Å². The summed E-state index contributed by atoms with van der Waals surface area (Å²) in [5.74, 6) is -4.63. The molecule has 1 heterocycles. The normalized spacial score (nSPS) is 11.4. The molecule has 2 aromatic rings. The van der Waals surface area contributed by atoms with Gasteiger partial charge in [0.05, 0.1) is 6.54 Å². The van der Waals surface area contributed by atoms with Crippen LogP contribution in [0.15, 0.2) is 58.4 Å². The third kappa shape index (κ3) is 10.9. The first-order valence-corrected chi connectivity index (χ1v) is 9.95. The third-order valence-electron chi connectivity index (χ3n) is 4.25. The Morgan fingerprint density at radius 2 is 1.69 bits per heavy atom. The van der Waals surface area contributed by atoms with Crippen LogP contribution in [0.2, 0.25) is 0 Å². The number of halogens is 3. The molecule has 1 aromatic carbocycles. The first-order valence-electron chi connectivity index (χ1n) is 9.95.